The van der Waals surface area contributed by atoms with Crippen LogP contribution in [0, 0.1) is 0 Å². The van der Waals surface area contributed by atoms with Gasteiger partial charge in [-0.25, -0.2) is 13.4 Å². The number of nitrogens with zero attached hydrogens (tertiary/aromatic N) is 2. The number of sulfonamides is 1. The van der Waals surface area contributed by atoms with Crippen LogP contribution in [0.3, 0.4) is 0 Å². The lowest BCUT2D eigenvalue weighted by Gasteiger charge is -2.10. The van der Waals surface area contributed by atoms with Crippen LogP contribution in [-0.2, 0) is 10.0 Å². The van der Waals surface area contributed by atoms with Gasteiger partial charge in [-0.3, -0.25) is 14.1 Å². The third-order valence-electron chi connectivity index (χ3n) is 3.35. The molecule has 0 spiro atoms. The molecule has 1 heterocycles. The van der Waals surface area contributed by atoms with Crippen LogP contribution in [0.5, 0.6) is 0 Å². The van der Waals surface area contributed by atoms with E-state index in [1.54, 1.807) is 35.2 Å². The van der Waals surface area contributed by atoms with Crippen molar-refractivity contribution in [3.8, 4) is 5.69 Å². The van der Waals surface area contributed by atoms with Crippen molar-refractivity contribution in [2.24, 2.45) is 0 Å². The molecule has 0 saturated heterocycles. The van der Waals surface area contributed by atoms with E-state index in [1.165, 1.54) is 6.20 Å². The highest BCUT2D eigenvalue weighted by atomic mass is 32.2. The zero-order chi connectivity index (χ0) is 17.9. The molecule has 0 unspecified atom stereocenters. The third-order valence-corrected chi connectivity index (χ3v) is 3.96. The van der Waals surface area contributed by atoms with Crippen molar-refractivity contribution in [1.82, 2.24) is 9.55 Å². The molecule has 0 aliphatic heterocycles. The van der Waals surface area contributed by atoms with Gasteiger partial charge in [-0.1, -0.05) is 18.2 Å². The minimum absolute atomic E-state index is 0.315. The van der Waals surface area contributed by atoms with E-state index in [0.717, 1.165) is 11.9 Å². The summed E-state index contributed by atoms with van der Waals surface area (Å²) in [4.78, 5) is 16.5. The second kappa shape index (κ2) is 6.78. The van der Waals surface area contributed by atoms with Crippen LogP contribution in [0.15, 0.2) is 67.1 Å². The molecule has 128 valence electrons. The Morgan fingerprint density at radius 2 is 1.64 bits per heavy atom. The Labute approximate surface area is 145 Å². The Morgan fingerprint density at radius 3 is 2.28 bits per heavy atom. The fourth-order valence-corrected chi connectivity index (χ4v) is 2.85. The number of rotatable bonds is 5. The first-order valence-corrected chi connectivity index (χ1v) is 9.28. The van der Waals surface area contributed by atoms with Crippen LogP contribution < -0.4 is 10.0 Å². The molecule has 8 heteroatoms. The Morgan fingerprint density at radius 1 is 1.00 bits per heavy atom. The fraction of sp³-hybridized carbons (Fsp3) is 0.0588. The lowest BCUT2D eigenvalue weighted by Crippen LogP contribution is -2.16. The number of aromatic nitrogens is 2. The Hall–Kier alpha value is -3.13. The van der Waals surface area contributed by atoms with E-state index in [-0.39, 0.29) is 5.91 Å². The van der Waals surface area contributed by atoms with Crippen molar-refractivity contribution >= 4 is 27.3 Å². The van der Waals surface area contributed by atoms with Crippen molar-refractivity contribution in [1.29, 1.82) is 0 Å². The summed E-state index contributed by atoms with van der Waals surface area (Å²) >= 11 is 0. The van der Waals surface area contributed by atoms with Gasteiger partial charge in [0.1, 0.15) is 5.69 Å². The van der Waals surface area contributed by atoms with Crippen molar-refractivity contribution < 1.29 is 13.2 Å². The summed E-state index contributed by atoms with van der Waals surface area (Å²) in [6.45, 7) is 0. The molecule has 0 atom stereocenters. The average Bonchev–Trinajstić information content (AvgIpc) is 3.06. The maximum atomic E-state index is 12.5. The summed E-state index contributed by atoms with van der Waals surface area (Å²) in [5.74, 6) is -0.315. The first kappa shape index (κ1) is 16.7. The fourth-order valence-electron chi connectivity index (χ4n) is 2.29. The number of hydrogen-bond acceptors (Lipinski definition) is 4. The van der Waals surface area contributed by atoms with E-state index >= 15 is 0 Å². The predicted molar refractivity (Wildman–Crippen MR) is 96.4 cm³/mol. The van der Waals surface area contributed by atoms with E-state index in [0.29, 0.717) is 17.1 Å². The van der Waals surface area contributed by atoms with Gasteiger partial charge in [-0.15, -0.1) is 0 Å². The number of carbonyl (C=O) groups is 1. The number of benzene rings is 2. The predicted octanol–water partition coefficient (Wildman–Crippen LogP) is 2.50. The molecule has 1 aromatic heterocycles. The molecule has 25 heavy (non-hydrogen) atoms. The number of anilines is 2. The monoisotopic (exact) mass is 356 g/mol. The smallest absolute Gasteiger partial charge is 0.274 e. The second-order valence-corrected chi connectivity index (χ2v) is 7.14. The Balaban J connectivity index is 1.76. The molecule has 3 rings (SSSR count). The lowest BCUT2D eigenvalue weighted by molar-refractivity contribution is 0.102. The Bertz CT molecular complexity index is 980. The summed E-state index contributed by atoms with van der Waals surface area (Å²) in [6.07, 6.45) is 4.14. The van der Waals surface area contributed by atoms with Crippen LogP contribution in [-0.4, -0.2) is 30.1 Å². The number of carbonyl (C=O) groups excluding carboxylic acids is 1. The van der Waals surface area contributed by atoms with E-state index in [1.807, 2.05) is 30.3 Å². The summed E-state index contributed by atoms with van der Waals surface area (Å²) in [6, 6.07) is 15.8. The van der Waals surface area contributed by atoms with Crippen LogP contribution in [0.25, 0.3) is 5.69 Å². The van der Waals surface area contributed by atoms with E-state index < -0.39 is 10.0 Å². The first-order valence-electron chi connectivity index (χ1n) is 7.39. The highest BCUT2D eigenvalue weighted by Gasteiger charge is 2.13. The summed E-state index contributed by atoms with van der Waals surface area (Å²) < 4.78 is 26.5. The largest absolute Gasteiger partial charge is 0.321 e. The van der Waals surface area contributed by atoms with E-state index in [2.05, 4.69) is 15.0 Å². The van der Waals surface area contributed by atoms with Crippen molar-refractivity contribution in [2.45, 2.75) is 0 Å². The van der Waals surface area contributed by atoms with Crippen LogP contribution in [0.2, 0.25) is 0 Å². The first-order chi connectivity index (χ1) is 11.9. The summed E-state index contributed by atoms with van der Waals surface area (Å²) in [7, 11) is -3.33. The van der Waals surface area contributed by atoms with Gasteiger partial charge in [-0.05, 0) is 36.4 Å². The maximum Gasteiger partial charge on any atom is 0.274 e. The van der Waals surface area contributed by atoms with E-state index in [9.17, 15) is 13.2 Å². The quantitative estimate of drug-likeness (QED) is 0.734. The maximum absolute atomic E-state index is 12.5. The van der Waals surface area contributed by atoms with Gasteiger partial charge in [0.2, 0.25) is 10.0 Å². The number of para-hydroxylation sites is 1. The molecule has 0 radical (unpaired) electrons. The molecule has 3 aromatic rings. The van der Waals surface area contributed by atoms with Gasteiger partial charge in [0.25, 0.3) is 5.91 Å². The van der Waals surface area contributed by atoms with Gasteiger partial charge >= 0.3 is 0 Å². The molecular weight excluding hydrogens is 340 g/mol. The molecule has 0 bridgehead atoms. The number of hydrogen-bond donors (Lipinski definition) is 2. The molecule has 2 aromatic carbocycles. The molecule has 2 N–H and O–H groups in total. The third kappa shape index (κ3) is 4.24. The molecular formula is C17H16N4O3S. The topological polar surface area (TPSA) is 93.1 Å². The summed E-state index contributed by atoms with van der Waals surface area (Å²) in [5.41, 5.74) is 2.20. The number of amides is 1. The van der Waals surface area contributed by atoms with Crippen molar-refractivity contribution in [3.05, 3.63) is 72.8 Å². The lowest BCUT2D eigenvalue weighted by atomic mass is 10.2. The van der Waals surface area contributed by atoms with Gasteiger partial charge < -0.3 is 5.32 Å². The molecule has 0 aliphatic rings. The summed E-state index contributed by atoms with van der Waals surface area (Å²) in [5, 5.41) is 2.77. The average molecular weight is 356 g/mol. The SMILES string of the molecule is CS(=O)(=O)Nc1ccc(NC(=O)c2cncn2-c2ccccc2)cc1. The molecule has 0 saturated carbocycles. The van der Waals surface area contributed by atoms with Gasteiger partial charge in [0, 0.05) is 17.1 Å². The number of nitrogens with one attached hydrogen (secondary N) is 2. The van der Waals surface area contributed by atoms with Crippen molar-refractivity contribution in [3.63, 3.8) is 0 Å². The highest BCUT2D eigenvalue weighted by molar-refractivity contribution is 7.92. The second-order valence-electron chi connectivity index (χ2n) is 5.39. The van der Waals surface area contributed by atoms with Gasteiger partial charge in [0.15, 0.2) is 0 Å². The molecule has 7 nitrogen and oxygen atoms in total. The van der Waals surface area contributed by atoms with Crippen LogP contribution in [0.1, 0.15) is 10.5 Å². The van der Waals surface area contributed by atoms with Crippen LogP contribution in [0.4, 0.5) is 11.4 Å². The molecule has 0 fully saturated rings. The molecule has 1 amide bonds. The van der Waals surface area contributed by atoms with Gasteiger partial charge in [-0.2, -0.15) is 0 Å². The molecule has 0 aliphatic carbocycles. The normalized spacial score (nSPS) is 11.1. The van der Waals surface area contributed by atoms with Crippen molar-refractivity contribution in [2.75, 3.05) is 16.3 Å². The zero-order valence-corrected chi connectivity index (χ0v) is 14.2. The standard InChI is InChI=1S/C17H16N4O3S/c1-25(23,24)20-14-9-7-13(8-10-14)19-17(22)16-11-18-12-21(16)15-5-3-2-4-6-15/h2-12,20H,1H3,(H,19,22). The van der Waals surface area contributed by atoms with E-state index in [4.69, 9.17) is 0 Å². The minimum Gasteiger partial charge on any atom is -0.321 e. The van der Waals surface area contributed by atoms with Gasteiger partial charge in [0.05, 0.1) is 18.8 Å². The Kier molecular flexibility index (Phi) is 4.53. The number of imidazole rings is 1. The zero-order valence-electron chi connectivity index (χ0n) is 13.4. The minimum atomic E-state index is -3.33. The highest BCUT2D eigenvalue weighted by Crippen LogP contribution is 2.17. The van der Waals surface area contributed by atoms with Crippen LogP contribution >= 0.6 is 0 Å².